The molecule has 0 atom stereocenters. The van der Waals surface area contributed by atoms with Gasteiger partial charge in [-0.15, -0.1) is 0 Å². The number of carbonyl (C=O) groups excluding carboxylic acids is 1. The van der Waals surface area contributed by atoms with Crippen LogP contribution in [0.5, 0.6) is 0 Å². The van der Waals surface area contributed by atoms with Gasteiger partial charge in [0.15, 0.2) is 5.16 Å². The molecule has 116 valence electrons. The summed E-state index contributed by atoms with van der Waals surface area (Å²) in [5.41, 5.74) is 0. The van der Waals surface area contributed by atoms with Crippen LogP contribution in [0.1, 0.15) is 19.8 Å². The Bertz CT molecular complexity index is 490. The van der Waals surface area contributed by atoms with E-state index in [-0.39, 0.29) is 5.91 Å². The van der Waals surface area contributed by atoms with E-state index in [9.17, 15) is 4.79 Å². The average molecular weight is 309 g/mol. The number of nitrogens with one attached hydrogen (secondary N) is 1. The first-order valence-electron chi connectivity index (χ1n) is 7.30. The van der Waals surface area contributed by atoms with Gasteiger partial charge in [0, 0.05) is 32.7 Å². The fourth-order valence-corrected chi connectivity index (χ4v) is 2.70. The Morgan fingerprint density at radius 2 is 2.14 bits per heavy atom. The minimum absolute atomic E-state index is 0.171. The second-order valence-electron chi connectivity index (χ2n) is 5.07. The lowest BCUT2D eigenvalue weighted by molar-refractivity contribution is -0.128. The summed E-state index contributed by atoms with van der Waals surface area (Å²) in [5, 5.41) is 3.91. The lowest BCUT2D eigenvalue weighted by atomic mass is 10.4. The third-order valence-corrected chi connectivity index (χ3v) is 4.00. The molecule has 0 spiro atoms. The van der Waals surface area contributed by atoms with Crippen LogP contribution in [-0.4, -0.2) is 60.3 Å². The van der Waals surface area contributed by atoms with Crippen LogP contribution in [0, 0.1) is 0 Å². The Morgan fingerprint density at radius 1 is 1.43 bits per heavy atom. The molecule has 1 aromatic heterocycles. The summed E-state index contributed by atoms with van der Waals surface area (Å²) in [6.45, 7) is 4.96. The molecule has 1 N–H and O–H groups in total. The van der Waals surface area contributed by atoms with E-state index in [0.29, 0.717) is 11.7 Å². The number of nitrogens with zero attached hydrogens (tertiary/aromatic N) is 4. The van der Waals surface area contributed by atoms with Crippen LogP contribution >= 0.6 is 11.8 Å². The molecule has 1 amide bonds. The van der Waals surface area contributed by atoms with Crippen molar-refractivity contribution in [2.75, 3.05) is 49.7 Å². The highest BCUT2D eigenvalue weighted by atomic mass is 32.2. The Labute approximate surface area is 130 Å². The molecule has 0 aliphatic carbocycles. The average Bonchev–Trinajstić information content (AvgIpc) is 3.01. The summed E-state index contributed by atoms with van der Waals surface area (Å²) in [7, 11) is 1.90. The molecule has 0 bridgehead atoms. The van der Waals surface area contributed by atoms with Gasteiger partial charge in [0.25, 0.3) is 0 Å². The highest BCUT2D eigenvalue weighted by Crippen LogP contribution is 2.20. The minimum atomic E-state index is 0.171. The van der Waals surface area contributed by atoms with Crippen LogP contribution in [-0.2, 0) is 4.79 Å². The van der Waals surface area contributed by atoms with Crippen LogP contribution < -0.4 is 10.2 Å². The Morgan fingerprint density at radius 3 is 2.76 bits per heavy atom. The molecule has 1 aliphatic rings. The van der Waals surface area contributed by atoms with E-state index in [2.05, 4.69) is 15.3 Å². The summed E-state index contributed by atoms with van der Waals surface area (Å²) in [6, 6.07) is 1.89. The summed E-state index contributed by atoms with van der Waals surface area (Å²) < 4.78 is 0. The smallest absolute Gasteiger partial charge is 0.242 e. The van der Waals surface area contributed by atoms with E-state index in [1.165, 1.54) is 11.8 Å². The standard InChI is InChI=1S/C14H23N5OS/c1-4-15-11-9-12(17-14(16-11)21-3)18(2)10-13(20)19-7-5-6-8-19/h9H,4-8,10H2,1-3H3,(H,15,16,17). The van der Waals surface area contributed by atoms with E-state index in [4.69, 9.17) is 0 Å². The second kappa shape index (κ2) is 7.49. The van der Waals surface area contributed by atoms with Gasteiger partial charge in [-0.05, 0) is 26.0 Å². The normalized spacial score (nSPS) is 14.3. The third-order valence-electron chi connectivity index (χ3n) is 3.45. The van der Waals surface area contributed by atoms with Crippen molar-refractivity contribution < 1.29 is 4.79 Å². The van der Waals surface area contributed by atoms with Crippen LogP contribution in [0.15, 0.2) is 11.2 Å². The summed E-state index contributed by atoms with van der Waals surface area (Å²) in [6.07, 6.45) is 4.18. The number of anilines is 2. The van der Waals surface area contributed by atoms with Gasteiger partial charge in [-0.25, -0.2) is 9.97 Å². The zero-order valence-corrected chi connectivity index (χ0v) is 13.7. The molecule has 1 aromatic rings. The number of amides is 1. The van der Waals surface area contributed by atoms with Gasteiger partial charge in [-0.2, -0.15) is 0 Å². The van der Waals surface area contributed by atoms with Crippen molar-refractivity contribution in [1.82, 2.24) is 14.9 Å². The molecule has 6 nitrogen and oxygen atoms in total. The molecular formula is C14H23N5OS. The zero-order valence-electron chi connectivity index (χ0n) is 12.9. The van der Waals surface area contributed by atoms with Gasteiger partial charge in [-0.3, -0.25) is 4.79 Å². The van der Waals surface area contributed by atoms with Crippen LogP contribution in [0.4, 0.5) is 11.6 Å². The van der Waals surface area contributed by atoms with Gasteiger partial charge < -0.3 is 15.1 Å². The maximum absolute atomic E-state index is 12.2. The first-order chi connectivity index (χ1) is 10.1. The molecule has 1 fully saturated rings. The molecule has 1 aliphatic heterocycles. The Hall–Kier alpha value is -1.50. The lowest BCUT2D eigenvalue weighted by Gasteiger charge is -2.22. The molecule has 1 saturated heterocycles. The number of carbonyl (C=O) groups is 1. The number of aromatic nitrogens is 2. The van der Waals surface area contributed by atoms with Crippen molar-refractivity contribution in [3.05, 3.63) is 6.07 Å². The molecule has 0 aromatic carbocycles. The maximum Gasteiger partial charge on any atom is 0.242 e. The van der Waals surface area contributed by atoms with Crippen molar-refractivity contribution in [1.29, 1.82) is 0 Å². The fraction of sp³-hybridized carbons (Fsp3) is 0.643. The molecule has 0 unspecified atom stereocenters. The quantitative estimate of drug-likeness (QED) is 0.637. The molecular weight excluding hydrogens is 286 g/mol. The number of rotatable bonds is 6. The number of hydrogen-bond donors (Lipinski definition) is 1. The third kappa shape index (κ3) is 4.23. The van der Waals surface area contributed by atoms with Gasteiger partial charge >= 0.3 is 0 Å². The fourth-order valence-electron chi connectivity index (χ4n) is 2.32. The molecule has 2 heterocycles. The predicted molar refractivity (Wildman–Crippen MR) is 87.1 cm³/mol. The van der Waals surface area contributed by atoms with E-state index >= 15 is 0 Å². The van der Waals surface area contributed by atoms with Gasteiger partial charge in [-0.1, -0.05) is 11.8 Å². The SMILES string of the molecule is CCNc1cc(N(C)CC(=O)N2CCCC2)nc(SC)n1. The van der Waals surface area contributed by atoms with E-state index in [1.54, 1.807) is 0 Å². The second-order valence-corrected chi connectivity index (χ2v) is 5.85. The number of thioether (sulfide) groups is 1. The first-order valence-corrected chi connectivity index (χ1v) is 8.52. The largest absolute Gasteiger partial charge is 0.370 e. The van der Waals surface area contributed by atoms with Crippen molar-refractivity contribution in [3.8, 4) is 0 Å². The Kier molecular flexibility index (Phi) is 5.67. The van der Waals surface area contributed by atoms with E-state index in [0.717, 1.165) is 44.1 Å². The van der Waals surface area contributed by atoms with E-state index < -0.39 is 0 Å². The molecule has 7 heteroatoms. The zero-order chi connectivity index (χ0) is 15.2. The van der Waals surface area contributed by atoms with Gasteiger partial charge in [0.1, 0.15) is 11.6 Å². The summed E-state index contributed by atoms with van der Waals surface area (Å²) in [4.78, 5) is 24.9. The van der Waals surface area contributed by atoms with E-state index in [1.807, 2.05) is 36.1 Å². The van der Waals surface area contributed by atoms with Crippen molar-refractivity contribution >= 4 is 29.3 Å². The molecule has 0 radical (unpaired) electrons. The number of hydrogen-bond acceptors (Lipinski definition) is 6. The highest BCUT2D eigenvalue weighted by molar-refractivity contribution is 7.98. The first kappa shape index (κ1) is 15.9. The van der Waals surface area contributed by atoms with Crippen molar-refractivity contribution in [2.45, 2.75) is 24.9 Å². The molecule has 21 heavy (non-hydrogen) atoms. The molecule has 0 saturated carbocycles. The van der Waals surface area contributed by atoms with Crippen LogP contribution in [0.2, 0.25) is 0 Å². The predicted octanol–water partition coefficient (Wildman–Crippen LogP) is 1.69. The number of likely N-dealkylation sites (tertiary alicyclic amines) is 1. The van der Waals surface area contributed by atoms with Crippen molar-refractivity contribution in [3.63, 3.8) is 0 Å². The Balaban J connectivity index is 2.08. The monoisotopic (exact) mass is 309 g/mol. The van der Waals surface area contributed by atoms with Gasteiger partial charge in [0.2, 0.25) is 5.91 Å². The van der Waals surface area contributed by atoms with Crippen LogP contribution in [0.25, 0.3) is 0 Å². The summed E-state index contributed by atoms with van der Waals surface area (Å²) >= 11 is 1.50. The lowest BCUT2D eigenvalue weighted by Crippen LogP contribution is -2.37. The topological polar surface area (TPSA) is 61.4 Å². The van der Waals surface area contributed by atoms with Crippen molar-refractivity contribution in [2.24, 2.45) is 0 Å². The molecule has 2 rings (SSSR count). The van der Waals surface area contributed by atoms with Crippen LogP contribution in [0.3, 0.4) is 0 Å². The number of likely N-dealkylation sites (N-methyl/N-ethyl adjacent to an activating group) is 1. The van der Waals surface area contributed by atoms with Gasteiger partial charge in [0.05, 0.1) is 6.54 Å². The minimum Gasteiger partial charge on any atom is -0.370 e. The highest BCUT2D eigenvalue weighted by Gasteiger charge is 2.20. The maximum atomic E-state index is 12.2. The summed E-state index contributed by atoms with van der Waals surface area (Å²) in [5.74, 6) is 1.74.